The van der Waals surface area contributed by atoms with Crippen LogP contribution in [0.4, 0.5) is 17.3 Å². The van der Waals surface area contributed by atoms with Gasteiger partial charge in [0.05, 0.1) is 5.56 Å². The van der Waals surface area contributed by atoms with Crippen LogP contribution in [-0.4, -0.2) is 21.0 Å². The second-order valence-electron chi connectivity index (χ2n) is 6.03. The maximum atomic E-state index is 10.9. The Morgan fingerprint density at radius 3 is 2.27 bits per heavy atom. The molecule has 0 saturated heterocycles. The smallest absolute Gasteiger partial charge is 0.335 e. The molecule has 3 aromatic rings. The van der Waals surface area contributed by atoms with Crippen LogP contribution in [0, 0.1) is 13.8 Å². The fraction of sp³-hybridized carbons (Fsp3) is 0.150. The molecule has 3 N–H and O–H groups in total. The zero-order chi connectivity index (χ0) is 18.5. The summed E-state index contributed by atoms with van der Waals surface area (Å²) in [6.45, 7) is 4.56. The molecule has 0 amide bonds. The van der Waals surface area contributed by atoms with Gasteiger partial charge in [0.25, 0.3) is 0 Å². The van der Waals surface area contributed by atoms with Gasteiger partial charge in [-0.05, 0) is 43.7 Å². The largest absolute Gasteiger partial charge is 0.478 e. The van der Waals surface area contributed by atoms with Crippen molar-refractivity contribution in [3.8, 4) is 0 Å². The van der Waals surface area contributed by atoms with Gasteiger partial charge in [0.2, 0.25) is 0 Å². The molecule has 0 atom stereocenters. The van der Waals surface area contributed by atoms with Crippen molar-refractivity contribution >= 4 is 23.3 Å². The summed E-state index contributed by atoms with van der Waals surface area (Å²) < 4.78 is 0. The molecule has 26 heavy (non-hydrogen) atoms. The number of carboxylic acids is 1. The van der Waals surface area contributed by atoms with E-state index in [1.165, 1.54) is 11.1 Å². The molecule has 6 nitrogen and oxygen atoms in total. The lowest BCUT2D eigenvalue weighted by Gasteiger charge is -2.11. The van der Waals surface area contributed by atoms with Crippen LogP contribution in [0.1, 0.15) is 27.3 Å². The fourth-order valence-corrected chi connectivity index (χ4v) is 2.46. The highest BCUT2D eigenvalue weighted by Gasteiger charge is 2.05. The second kappa shape index (κ2) is 7.65. The molecule has 0 radical (unpaired) electrons. The molecular formula is C20H20N4O2. The molecule has 0 aliphatic rings. The van der Waals surface area contributed by atoms with Crippen LogP contribution in [0.3, 0.4) is 0 Å². The van der Waals surface area contributed by atoms with Crippen molar-refractivity contribution in [3.63, 3.8) is 0 Å². The molecule has 0 fully saturated rings. The summed E-state index contributed by atoms with van der Waals surface area (Å²) in [5.74, 6) is 1.07. The van der Waals surface area contributed by atoms with Gasteiger partial charge in [-0.25, -0.2) is 14.8 Å². The number of aromatic nitrogens is 2. The van der Waals surface area contributed by atoms with Crippen LogP contribution in [-0.2, 0) is 6.54 Å². The summed E-state index contributed by atoms with van der Waals surface area (Å²) in [6, 6.07) is 16.7. The van der Waals surface area contributed by atoms with E-state index in [1.807, 2.05) is 13.0 Å². The highest BCUT2D eigenvalue weighted by atomic mass is 16.4. The minimum atomic E-state index is -0.947. The number of aromatic carboxylic acids is 1. The van der Waals surface area contributed by atoms with Gasteiger partial charge in [-0.15, -0.1) is 0 Å². The van der Waals surface area contributed by atoms with E-state index < -0.39 is 5.97 Å². The van der Waals surface area contributed by atoms with Crippen LogP contribution >= 0.6 is 0 Å². The number of rotatable bonds is 6. The summed E-state index contributed by atoms with van der Waals surface area (Å²) in [7, 11) is 0. The normalized spacial score (nSPS) is 10.4. The van der Waals surface area contributed by atoms with Crippen molar-refractivity contribution in [2.45, 2.75) is 20.4 Å². The third-order valence-corrected chi connectivity index (χ3v) is 3.84. The van der Waals surface area contributed by atoms with Gasteiger partial charge in [0.1, 0.15) is 17.5 Å². The summed E-state index contributed by atoms with van der Waals surface area (Å²) in [6.07, 6.45) is 0. The zero-order valence-electron chi connectivity index (χ0n) is 14.7. The molecule has 0 aliphatic heterocycles. The minimum Gasteiger partial charge on any atom is -0.478 e. The molecule has 6 heteroatoms. The zero-order valence-corrected chi connectivity index (χ0v) is 14.7. The van der Waals surface area contributed by atoms with E-state index in [2.05, 4.69) is 51.8 Å². The van der Waals surface area contributed by atoms with Gasteiger partial charge in [-0.3, -0.25) is 0 Å². The minimum absolute atomic E-state index is 0.245. The van der Waals surface area contributed by atoms with Crippen molar-refractivity contribution in [1.29, 1.82) is 0 Å². The van der Waals surface area contributed by atoms with Gasteiger partial charge >= 0.3 is 5.97 Å². The van der Waals surface area contributed by atoms with E-state index >= 15 is 0 Å². The van der Waals surface area contributed by atoms with E-state index in [1.54, 1.807) is 24.3 Å². The van der Waals surface area contributed by atoms with Gasteiger partial charge in [0.15, 0.2) is 0 Å². The van der Waals surface area contributed by atoms with E-state index in [0.717, 1.165) is 11.5 Å². The number of nitrogens with zero attached hydrogens (tertiary/aromatic N) is 2. The standard InChI is InChI=1S/C20H20N4O2/c1-13-3-5-15(6-4-13)12-21-18-11-19(23-14(2)22-18)24-17-9-7-16(8-10-17)20(25)26/h3-11H,12H2,1-2H3,(H,25,26)(H2,21,22,23,24). The summed E-state index contributed by atoms with van der Waals surface area (Å²) in [5, 5.41) is 15.4. The van der Waals surface area contributed by atoms with Crippen LogP contribution in [0.25, 0.3) is 0 Å². The highest BCUT2D eigenvalue weighted by molar-refractivity contribution is 5.88. The van der Waals surface area contributed by atoms with Gasteiger partial charge < -0.3 is 15.7 Å². The van der Waals surface area contributed by atoms with E-state index in [0.29, 0.717) is 18.2 Å². The lowest BCUT2D eigenvalue weighted by molar-refractivity contribution is 0.0697. The number of hydrogen-bond acceptors (Lipinski definition) is 5. The quantitative estimate of drug-likeness (QED) is 0.620. The molecule has 132 valence electrons. The number of carbonyl (C=O) groups is 1. The third kappa shape index (κ3) is 4.57. The van der Waals surface area contributed by atoms with E-state index in [-0.39, 0.29) is 5.56 Å². The summed E-state index contributed by atoms with van der Waals surface area (Å²) in [5.41, 5.74) is 3.41. The second-order valence-corrected chi connectivity index (χ2v) is 6.03. The predicted molar refractivity (Wildman–Crippen MR) is 102 cm³/mol. The van der Waals surface area contributed by atoms with Gasteiger partial charge in [0, 0.05) is 18.3 Å². The monoisotopic (exact) mass is 348 g/mol. The van der Waals surface area contributed by atoms with Crippen molar-refractivity contribution in [3.05, 3.63) is 77.1 Å². The number of nitrogens with one attached hydrogen (secondary N) is 2. The molecule has 3 rings (SSSR count). The van der Waals surface area contributed by atoms with Crippen LogP contribution in [0.5, 0.6) is 0 Å². The van der Waals surface area contributed by atoms with Crippen LogP contribution in [0.2, 0.25) is 0 Å². The average molecular weight is 348 g/mol. The molecule has 1 aromatic heterocycles. The SMILES string of the molecule is Cc1ccc(CNc2cc(Nc3ccc(C(=O)O)cc3)nc(C)n2)cc1. The first kappa shape index (κ1) is 17.4. The summed E-state index contributed by atoms with van der Waals surface area (Å²) in [4.78, 5) is 19.7. The molecule has 0 bridgehead atoms. The number of hydrogen-bond donors (Lipinski definition) is 3. The molecular weight excluding hydrogens is 328 g/mol. The van der Waals surface area contributed by atoms with Crippen molar-refractivity contribution in [2.75, 3.05) is 10.6 Å². The molecule has 0 aliphatic carbocycles. The van der Waals surface area contributed by atoms with Gasteiger partial charge in [-0.1, -0.05) is 29.8 Å². The average Bonchev–Trinajstić information content (AvgIpc) is 2.61. The van der Waals surface area contributed by atoms with Crippen LogP contribution < -0.4 is 10.6 Å². The Balaban J connectivity index is 1.70. The van der Waals surface area contributed by atoms with Crippen molar-refractivity contribution in [1.82, 2.24) is 9.97 Å². The topological polar surface area (TPSA) is 87.1 Å². The lowest BCUT2D eigenvalue weighted by atomic mass is 10.1. The fourth-order valence-electron chi connectivity index (χ4n) is 2.46. The third-order valence-electron chi connectivity index (χ3n) is 3.84. The lowest BCUT2D eigenvalue weighted by Crippen LogP contribution is -2.05. The predicted octanol–water partition coefficient (Wildman–Crippen LogP) is 4.15. The number of benzene rings is 2. The molecule has 1 heterocycles. The molecule has 0 spiro atoms. The first-order valence-corrected chi connectivity index (χ1v) is 8.25. The maximum absolute atomic E-state index is 10.9. The summed E-state index contributed by atoms with van der Waals surface area (Å²) >= 11 is 0. The highest BCUT2D eigenvalue weighted by Crippen LogP contribution is 2.18. The molecule has 0 unspecified atom stereocenters. The Labute approximate surface area is 152 Å². The van der Waals surface area contributed by atoms with Crippen molar-refractivity contribution < 1.29 is 9.90 Å². The Bertz CT molecular complexity index is 906. The maximum Gasteiger partial charge on any atom is 0.335 e. The Morgan fingerprint density at radius 2 is 1.62 bits per heavy atom. The number of carboxylic acid groups (broad SMARTS) is 1. The van der Waals surface area contributed by atoms with E-state index in [4.69, 9.17) is 5.11 Å². The molecule has 2 aromatic carbocycles. The Hall–Kier alpha value is -3.41. The van der Waals surface area contributed by atoms with Gasteiger partial charge in [-0.2, -0.15) is 0 Å². The first-order chi connectivity index (χ1) is 12.5. The number of aryl methyl sites for hydroxylation is 2. The Kier molecular flexibility index (Phi) is 5.12. The Morgan fingerprint density at radius 1 is 0.962 bits per heavy atom. The first-order valence-electron chi connectivity index (χ1n) is 8.25. The van der Waals surface area contributed by atoms with E-state index in [9.17, 15) is 4.79 Å². The van der Waals surface area contributed by atoms with Crippen LogP contribution in [0.15, 0.2) is 54.6 Å². The van der Waals surface area contributed by atoms with Crippen molar-refractivity contribution in [2.24, 2.45) is 0 Å². The molecule has 0 saturated carbocycles. The number of anilines is 3.